The summed E-state index contributed by atoms with van der Waals surface area (Å²) in [5.41, 5.74) is 1.06. The normalized spacial score (nSPS) is 21.3. The first kappa shape index (κ1) is 15.0. The van der Waals surface area contributed by atoms with Crippen LogP contribution < -0.4 is 5.32 Å². The van der Waals surface area contributed by atoms with Gasteiger partial charge in [0.1, 0.15) is 6.04 Å². The third-order valence-corrected chi connectivity index (χ3v) is 3.62. The van der Waals surface area contributed by atoms with E-state index in [9.17, 15) is 14.4 Å². The van der Waals surface area contributed by atoms with E-state index in [4.69, 9.17) is 10.2 Å². The van der Waals surface area contributed by atoms with Crippen LogP contribution in [0.2, 0.25) is 0 Å². The molecule has 3 N–H and O–H groups in total. The number of aliphatic carboxylic acids is 2. The van der Waals surface area contributed by atoms with E-state index in [-0.39, 0.29) is 30.6 Å². The molecule has 1 aromatic carbocycles. The van der Waals surface area contributed by atoms with Gasteiger partial charge >= 0.3 is 11.9 Å². The summed E-state index contributed by atoms with van der Waals surface area (Å²) in [5.74, 6) is -2.70. The second-order valence-corrected chi connectivity index (χ2v) is 5.19. The SMILES string of the molecule is O=C(O)CC[C@H](NC(=O)C1CC1c1ccccc1)C(=O)O. The van der Waals surface area contributed by atoms with Crippen LogP contribution in [0.4, 0.5) is 0 Å². The average Bonchev–Trinajstić information content (AvgIpc) is 3.24. The molecule has 1 aliphatic rings. The van der Waals surface area contributed by atoms with Gasteiger partial charge < -0.3 is 15.5 Å². The van der Waals surface area contributed by atoms with Crippen LogP contribution in [0.15, 0.2) is 30.3 Å². The van der Waals surface area contributed by atoms with Crippen LogP contribution in [0.1, 0.15) is 30.7 Å². The van der Waals surface area contributed by atoms with Crippen molar-refractivity contribution >= 4 is 17.8 Å². The molecule has 0 spiro atoms. The lowest BCUT2D eigenvalue weighted by atomic mass is 10.1. The van der Waals surface area contributed by atoms with Crippen LogP contribution in [0.5, 0.6) is 0 Å². The van der Waals surface area contributed by atoms with Crippen molar-refractivity contribution in [2.75, 3.05) is 0 Å². The van der Waals surface area contributed by atoms with Crippen LogP contribution in [0.25, 0.3) is 0 Å². The van der Waals surface area contributed by atoms with E-state index in [1.165, 1.54) is 0 Å². The Bertz CT molecular complexity index is 542. The van der Waals surface area contributed by atoms with Gasteiger partial charge in [0, 0.05) is 12.3 Å². The number of rotatable bonds is 7. The fourth-order valence-electron chi connectivity index (χ4n) is 2.36. The molecule has 1 amide bonds. The molecule has 0 saturated heterocycles. The zero-order valence-corrected chi connectivity index (χ0v) is 11.4. The molecule has 1 aromatic rings. The van der Waals surface area contributed by atoms with Crippen molar-refractivity contribution in [3.63, 3.8) is 0 Å². The van der Waals surface area contributed by atoms with E-state index < -0.39 is 18.0 Å². The summed E-state index contributed by atoms with van der Waals surface area (Å²) in [6.45, 7) is 0. The molecule has 0 radical (unpaired) electrons. The second kappa shape index (κ2) is 6.39. The van der Waals surface area contributed by atoms with Crippen LogP contribution in [-0.4, -0.2) is 34.1 Å². The number of carboxylic acid groups (broad SMARTS) is 2. The van der Waals surface area contributed by atoms with Crippen LogP contribution in [0, 0.1) is 5.92 Å². The number of carboxylic acids is 2. The fraction of sp³-hybridized carbons (Fsp3) is 0.400. The van der Waals surface area contributed by atoms with Crippen molar-refractivity contribution in [2.45, 2.75) is 31.2 Å². The van der Waals surface area contributed by atoms with E-state index in [1.807, 2.05) is 30.3 Å². The summed E-state index contributed by atoms with van der Waals surface area (Å²) in [4.78, 5) is 33.6. The van der Waals surface area contributed by atoms with Crippen molar-refractivity contribution in [2.24, 2.45) is 5.92 Å². The molecule has 21 heavy (non-hydrogen) atoms. The van der Waals surface area contributed by atoms with Gasteiger partial charge in [-0.2, -0.15) is 0 Å². The molecular formula is C15H17NO5. The Balaban J connectivity index is 1.89. The van der Waals surface area contributed by atoms with Gasteiger partial charge in [0.2, 0.25) is 5.91 Å². The highest BCUT2D eigenvalue weighted by Gasteiger charge is 2.44. The Morgan fingerprint density at radius 3 is 2.43 bits per heavy atom. The van der Waals surface area contributed by atoms with Gasteiger partial charge in [-0.1, -0.05) is 30.3 Å². The van der Waals surface area contributed by atoms with Gasteiger partial charge in [-0.05, 0) is 24.3 Å². The molecule has 0 bridgehead atoms. The number of nitrogens with one attached hydrogen (secondary N) is 1. The Morgan fingerprint density at radius 1 is 1.19 bits per heavy atom. The summed E-state index contributed by atoms with van der Waals surface area (Å²) >= 11 is 0. The van der Waals surface area contributed by atoms with Crippen LogP contribution in [0.3, 0.4) is 0 Å². The van der Waals surface area contributed by atoms with Crippen molar-refractivity contribution in [3.05, 3.63) is 35.9 Å². The molecular weight excluding hydrogens is 274 g/mol. The number of carbonyl (C=O) groups is 3. The number of carbonyl (C=O) groups excluding carboxylic acids is 1. The summed E-state index contributed by atoms with van der Waals surface area (Å²) in [5, 5.41) is 20.0. The van der Waals surface area contributed by atoms with Crippen molar-refractivity contribution in [3.8, 4) is 0 Å². The van der Waals surface area contributed by atoms with Crippen LogP contribution in [-0.2, 0) is 14.4 Å². The van der Waals surface area contributed by atoms with Crippen LogP contribution >= 0.6 is 0 Å². The van der Waals surface area contributed by atoms with E-state index in [1.54, 1.807) is 0 Å². The molecule has 6 heteroatoms. The van der Waals surface area contributed by atoms with Gasteiger partial charge in [0.05, 0.1) is 0 Å². The number of hydrogen-bond donors (Lipinski definition) is 3. The zero-order chi connectivity index (χ0) is 15.4. The van der Waals surface area contributed by atoms with Gasteiger partial charge in [0.25, 0.3) is 0 Å². The maximum absolute atomic E-state index is 12.0. The number of amides is 1. The topological polar surface area (TPSA) is 104 Å². The Morgan fingerprint density at radius 2 is 1.86 bits per heavy atom. The Hall–Kier alpha value is -2.37. The highest BCUT2D eigenvalue weighted by atomic mass is 16.4. The average molecular weight is 291 g/mol. The predicted octanol–water partition coefficient (Wildman–Crippen LogP) is 1.22. The molecule has 112 valence electrons. The quantitative estimate of drug-likeness (QED) is 0.701. The lowest BCUT2D eigenvalue weighted by Gasteiger charge is -2.13. The van der Waals surface area contributed by atoms with Crippen molar-refractivity contribution in [1.29, 1.82) is 0 Å². The smallest absolute Gasteiger partial charge is 0.326 e. The second-order valence-electron chi connectivity index (χ2n) is 5.19. The zero-order valence-electron chi connectivity index (χ0n) is 11.4. The van der Waals surface area contributed by atoms with Gasteiger partial charge in [-0.15, -0.1) is 0 Å². The summed E-state index contributed by atoms with van der Waals surface area (Å²) in [7, 11) is 0. The third-order valence-electron chi connectivity index (χ3n) is 3.62. The van der Waals surface area contributed by atoms with Crippen molar-refractivity contribution in [1.82, 2.24) is 5.32 Å². The van der Waals surface area contributed by atoms with Gasteiger partial charge in [0.15, 0.2) is 0 Å². The minimum atomic E-state index is -1.21. The molecule has 2 unspecified atom stereocenters. The first-order chi connectivity index (χ1) is 9.99. The predicted molar refractivity (Wildman–Crippen MR) is 73.7 cm³/mol. The molecule has 1 aliphatic carbocycles. The minimum Gasteiger partial charge on any atom is -0.481 e. The van der Waals surface area contributed by atoms with E-state index in [2.05, 4.69) is 5.32 Å². The highest BCUT2D eigenvalue weighted by molar-refractivity contribution is 5.87. The van der Waals surface area contributed by atoms with E-state index >= 15 is 0 Å². The molecule has 0 aliphatic heterocycles. The maximum atomic E-state index is 12.0. The number of hydrogen-bond acceptors (Lipinski definition) is 3. The minimum absolute atomic E-state index is 0.112. The molecule has 0 aromatic heterocycles. The summed E-state index contributed by atoms with van der Waals surface area (Å²) in [6.07, 6.45) is 0.296. The molecule has 2 rings (SSSR count). The van der Waals surface area contributed by atoms with Gasteiger partial charge in [-0.3, -0.25) is 9.59 Å². The van der Waals surface area contributed by atoms with E-state index in [0.29, 0.717) is 6.42 Å². The number of benzene rings is 1. The lowest BCUT2D eigenvalue weighted by Crippen LogP contribution is -2.42. The molecule has 1 fully saturated rings. The molecule has 0 heterocycles. The van der Waals surface area contributed by atoms with Gasteiger partial charge in [-0.25, -0.2) is 4.79 Å². The maximum Gasteiger partial charge on any atom is 0.326 e. The highest BCUT2D eigenvalue weighted by Crippen LogP contribution is 2.47. The third kappa shape index (κ3) is 4.05. The summed E-state index contributed by atoms with van der Waals surface area (Å²) < 4.78 is 0. The monoisotopic (exact) mass is 291 g/mol. The largest absolute Gasteiger partial charge is 0.481 e. The standard InChI is InChI=1S/C15H17NO5/c17-13(18)7-6-12(15(20)21)16-14(19)11-8-10(11)9-4-2-1-3-5-9/h1-5,10-12H,6-8H2,(H,16,19)(H,17,18)(H,20,21)/t10?,11?,12-/m0/s1. The van der Waals surface area contributed by atoms with Crippen molar-refractivity contribution < 1.29 is 24.6 Å². The first-order valence-corrected chi connectivity index (χ1v) is 6.79. The molecule has 1 saturated carbocycles. The van der Waals surface area contributed by atoms with E-state index in [0.717, 1.165) is 5.56 Å². The lowest BCUT2D eigenvalue weighted by molar-refractivity contribution is -0.143. The first-order valence-electron chi connectivity index (χ1n) is 6.79. The molecule has 6 nitrogen and oxygen atoms in total. The Labute approximate surface area is 121 Å². The summed E-state index contributed by atoms with van der Waals surface area (Å²) in [6, 6.07) is 8.43. The Kier molecular flexibility index (Phi) is 4.57. The molecule has 3 atom stereocenters. The fourth-order valence-corrected chi connectivity index (χ4v) is 2.36.